The molecule has 1 aliphatic rings. The highest BCUT2D eigenvalue weighted by molar-refractivity contribution is 7.99. The molecule has 21 heavy (non-hydrogen) atoms. The summed E-state index contributed by atoms with van der Waals surface area (Å²) in [6, 6.07) is 9.37. The monoisotopic (exact) mass is 299 g/mol. The quantitative estimate of drug-likeness (QED) is 0.818. The lowest BCUT2D eigenvalue weighted by Crippen LogP contribution is -2.15. The third-order valence-corrected chi connectivity index (χ3v) is 4.51. The molecule has 0 amide bonds. The van der Waals surface area contributed by atoms with Crippen molar-refractivity contribution in [3.8, 4) is 0 Å². The SMILES string of the molecule is CC(C)c1ccc(Sc2ncc(CNC3CC3)cn2)cc1. The largest absolute Gasteiger partial charge is 0.310 e. The van der Waals surface area contributed by atoms with Gasteiger partial charge in [-0.3, -0.25) is 0 Å². The maximum absolute atomic E-state index is 4.44. The lowest BCUT2D eigenvalue weighted by Gasteiger charge is -2.06. The van der Waals surface area contributed by atoms with Crippen LogP contribution in [0, 0.1) is 0 Å². The van der Waals surface area contributed by atoms with Gasteiger partial charge in [-0.05, 0) is 48.2 Å². The van der Waals surface area contributed by atoms with Gasteiger partial charge in [-0.25, -0.2) is 9.97 Å². The van der Waals surface area contributed by atoms with E-state index in [9.17, 15) is 0 Å². The molecule has 1 aliphatic carbocycles. The van der Waals surface area contributed by atoms with E-state index in [0.29, 0.717) is 5.92 Å². The fourth-order valence-electron chi connectivity index (χ4n) is 2.06. The summed E-state index contributed by atoms with van der Waals surface area (Å²) in [7, 11) is 0. The van der Waals surface area contributed by atoms with Crippen molar-refractivity contribution in [2.24, 2.45) is 0 Å². The van der Waals surface area contributed by atoms with Crippen molar-refractivity contribution < 1.29 is 0 Å². The van der Waals surface area contributed by atoms with Gasteiger partial charge < -0.3 is 5.32 Å². The van der Waals surface area contributed by atoms with E-state index in [1.54, 1.807) is 11.8 Å². The minimum Gasteiger partial charge on any atom is -0.310 e. The van der Waals surface area contributed by atoms with Crippen molar-refractivity contribution in [2.45, 2.75) is 55.2 Å². The van der Waals surface area contributed by atoms with Crippen molar-refractivity contribution >= 4 is 11.8 Å². The highest BCUT2D eigenvalue weighted by atomic mass is 32.2. The smallest absolute Gasteiger partial charge is 0.192 e. The van der Waals surface area contributed by atoms with Gasteiger partial charge in [0, 0.05) is 35.4 Å². The standard InChI is InChI=1S/C17H21N3S/c1-12(2)14-3-7-16(8-4-14)21-17-19-10-13(11-20-17)9-18-15-5-6-15/h3-4,7-8,10-12,15,18H,5-6,9H2,1-2H3. The van der Waals surface area contributed by atoms with Gasteiger partial charge in [0.15, 0.2) is 5.16 Å². The molecule has 0 bridgehead atoms. The van der Waals surface area contributed by atoms with Gasteiger partial charge in [0.25, 0.3) is 0 Å². The maximum atomic E-state index is 4.44. The summed E-state index contributed by atoms with van der Waals surface area (Å²) in [6.07, 6.45) is 6.46. The molecule has 0 spiro atoms. The second kappa shape index (κ2) is 6.58. The Morgan fingerprint density at radius 3 is 2.38 bits per heavy atom. The average molecular weight is 299 g/mol. The second-order valence-electron chi connectivity index (χ2n) is 5.85. The first-order valence-electron chi connectivity index (χ1n) is 7.53. The number of benzene rings is 1. The number of hydrogen-bond acceptors (Lipinski definition) is 4. The summed E-state index contributed by atoms with van der Waals surface area (Å²) in [5.74, 6) is 0.568. The van der Waals surface area contributed by atoms with E-state index >= 15 is 0 Å². The normalized spacial score (nSPS) is 14.6. The molecule has 1 aromatic carbocycles. The third-order valence-electron chi connectivity index (χ3n) is 3.61. The maximum Gasteiger partial charge on any atom is 0.192 e. The predicted molar refractivity (Wildman–Crippen MR) is 86.5 cm³/mol. The van der Waals surface area contributed by atoms with Crippen LogP contribution in [-0.4, -0.2) is 16.0 Å². The van der Waals surface area contributed by atoms with E-state index < -0.39 is 0 Å². The number of hydrogen-bond donors (Lipinski definition) is 1. The zero-order chi connectivity index (χ0) is 14.7. The van der Waals surface area contributed by atoms with Crippen molar-refractivity contribution in [1.29, 1.82) is 0 Å². The van der Waals surface area contributed by atoms with E-state index in [1.165, 1.54) is 23.3 Å². The average Bonchev–Trinajstić information content (AvgIpc) is 3.31. The molecule has 1 heterocycles. The Labute approximate surface area is 130 Å². The molecule has 3 nitrogen and oxygen atoms in total. The van der Waals surface area contributed by atoms with Crippen molar-refractivity contribution in [2.75, 3.05) is 0 Å². The Kier molecular flexibility index (Phi) is 4.56. The van der Waals surface area contributed by atoms with Crippen LogP contribution in [0.4, 0.5) is 0 Å². The van der Waals surface area contributed by atoms with E-state index in [0.717, 1.165) is 23.3 Å². The highest BCUT2D eigenvalue weighted by Gasteiger charge is 2.19. The van der Waals surface area contributed by atoms with Crippen LogP contribution in [0.3, 0.4) is 0 Å². The van der Waals surface area contributed by atoms with Gasteiger partial charge >= 0.3 is 0 Å². The Morgan fingerprint density at radius 1 is 1.14 bits per heavy atom. The molecule has 1 fully saturated rings. The van der Waals surface area contributed by atoms with Gasteiger partial charge in [0.05, 0.1) is 0 Å². The van der Waals surface area contributed by atoms with Crippen molar-refractivity contribution in [3.63, 3.8) is 0 Å². The molecule has 1 N–H and O–H groups in total. The van der Waals surface area contributed by atoms with Gasteiger partial charge in [-0.1, -0.05) is 26.0 Å². The molecule has 1 saturated carbocycles. The van der Waals surface area contributed by atoms with Crippen LogP contribution in [0.15, 0.2) is 46.7 Å². The Bertz CT molecular complexity index is 574. The van der Waals surface area contributed by atoms with E-state index in [1.807, 2.05) is 12.4 Å². The van der Waals surface area contributed by atoms with Gasteiger partial charge in [-0.15, -0.1) is 0 Å². The molecule has 2 aromatic rings. The van der Waals surface area contributed by atoms with E-state index in [-0.39, 0.29) is 0 Å². The summed E-state index contributed by atoms with van der Waals surface area (Å²) in [5, 5.41) is 4.28. The first kappa shape index (κ1) is 14.5. The van der Waals surface area contributed by atoms with Crippen LogP contribution in [0.2, 0.25) is 0 Å². The molecule has 0 radical (unpaired) electrons. The van der Waals surface area contributed by atoms with Gasteiger partial charge in [0.1, 0.15) is 0 Å². The molecular weight excluding hydrogens is 278 g/mol. The summed E-state index contributed by atoms with van der Waals surface area (Å²) >= 11 is 1.61. The van der Waals surface area contributed by atoms with E-state index in [4.69, 9.17) is 0 Å². The Balaban J connectivity index is 1.58. The molecule has 0 saturated heterocycles. The minimum atomic E-state index is 0.568. The summed E-state index contributed by atoms with van der Waals surface area (Å²) in [4.78, 5) is 10.1. The fraction of sp³-hybridized carbons (Fsp3) is 0.412. The van der Waals surface area contributed by atoms with Gasteiger partial charge in [-0.2, -0.15) is 0 Å². The number of nitrogens with one attached hydrogen (secondary N) is 1. The van der Waals surface area contributed by atoms with Crippen LogP contribution in [-0.2, 0) is 6.54 Å². The third kappa shape index (κ3) is 4.29. The lowest BCUT2D eigenvalue weighted by molar-refractivity contribution is 0.680. The second-order valence-corrected chi connectivity index (χ2v) is 6.90. The van der Waals surface area contributed by atoms with Crippen molar-refractivity contribution in [3.05, 3.63) is 47.8 Å². The molecule has 110 valence electrons. The number of aromatic nitrogens is 2. The first-order valence-corrected chi connectivity index (χ1v) is 8.34. The minimum absolute atomic E-state index is 0.568. The fourth-order valence-corrected chi connectivity index (χ4v) is 2.76. The molecule has 3 rings (SSSR count). The molecule has 0 unspecified atom stereocenters. The number of rotatable bonds is 6. The molecule has 0 aliphatic heterocycles. The molecule has 1 aromatic heterocycles. The highest BCUT2D eigenvalue weighted by Crippen LogP contribution is 2.26. The zero-order valence-electron chi connectivity index (χ0n) is 12.5. The van der Waals surface area contributed by atoms with Crippen LogP contribution in [0.25, 0.3) is 0 Å². The van der Waals surface area contributed by atoms with Crippen LogP contribution in [0.5, 0.6) is 0 Å². The van der Waals surface area contributed by atoms with Crippen LogP contribution >= 0.6 is 11.8 Å². The first-order chi connectivity index (χ1) is 10.2. The zero-order valence-corrected chi connectivity index (χ0v) is 13.4. The van der Waals surface area contributed by atoms with Crippen molar-refractivity contribution in [1.82, 2.24) is 15.3 Å². The molecule has 0 atom stereocenters. The van der Waals surface area contributed by atoms with E-state index in [2.05, 4.69) is 53.4 Å². The molecular formula is C17H21N3S. The van der Waals surface area contributed by atoms with Gasteiger partial charge in [0.2, 0.25) is 0 Å². The predicted octanol–water partition coefficient (Wildman–Crippen LogP) is 4.00. The van der Waals surface area contributed by atoms with Crippen LogP contribution < -0.4 is 5.32 Å². The topological polar surface area (TPSA) is 37.8 Å². The Morgan fingerprint density at radius 2 is 1.81 bits per heavy atom. The molecule has 4 heteroatoms. The van der Waals surface area contributed by atoms with Crippen LogP contribution in [0.1, 0.15) is 43.7 Å². The summed E-state index contributed by atoms with van der Waals surface area (Å²) in [6.45, 7) is 5.29. The lowest BCUT2D eigenvalue weighted by atomic mass is 10.0. The number of nitrogens with zero attached hydrogens (tertiary/aromatic N) is 2. The summed E-state index contributed by atoms with van der Waals surface area (Å²) in [5.41, 5.74) is 2.52. The summed E-state index contributed by atoms with van der Waals surface area (Å²) < 4.78 is 0. The Hall–Kier alpha value is -1.39.